The van der Waals surface area contributed by atoms with Crippen molar-refractivity contribution in [2.24, 2.45) is 0 Å². The Kier molecular flexibility index (Phi) is 3.31. The van der Waals surface area contributed by atoms with Crippen molar-refractivity contribution in [3.8, 4) is 0 Å². The van der Waals surface area contributed by atoms with Crippen LogP contribution < -0.4 is 5.32 Å². The minimum Gasteiger partial charge on any atom is -0.334 e. The summed E-state index contributed by atoms with van der Waals surface area (Å²) >= 11 is 0. The lowest BCUT2D eigenvalue weighted by molar-refractivity contribution is 0.520. The molecule has 0 saturated carbocycles. The minimum absolute atomic E-state index is 0.143. The predicted octanol–water partition coefficient (Wildman–Crippen LogP) is 0.872. The molecule has 0 amide bonds. The number of hydrogen-bond acceptors (Lipinski definition) is 4. The molecule has 2 rings (SSSR count). The average molecular weight is 220 g/mol. The van der Waals surface area contributed by atoms with Gasteiger partial charge in [0.1, 0.15) is 18.0 Å². The quantitative estimate of drug-likeness (QED) is 0.784. The Hall–Kier alpha value is -1.69. The molecule has 0 aromatic carbocycles. The third kappa shape index (κ3) is 2.27. The summed E-state index contributed by atoms with van der Waals surface area (Å²) < 4.78 is 2.11. The van der Waals surface area contributed by atoms with Crippen molar-refractivity contribution in [1.82, 2.24) is 30.0 Å². The Bertz CT molecular complexity index is 418. The van der Waals surface area contributed by atoms with Gasteiger partial charge in [-0.15, -0.1) is 0 Å². The Morgan fingerprint density at radius 2 is 2.38 bits per heavy atom. The van der Waals surface area contributed by atoms with Gasteiger partial charge in [-0.2, -0.15) is 5.10 Å². The first-order valence-corrected chi connectivity index (χ1v) is 5.40. The monoisotopic (exact) mass is 220 g/mol. The van der Waals surface area contributed by atoms with E-state index in [1.807, 2.05) is 19.3 Å². The van der Waals surface area contributed by atoms with Gasteiger partial charge in [0, 0.05) is 18.9 Å². The van der Waals surface area contributed by atoms with E-state index >= 15 is 0 Å². The summed E-state index contributed by atoms with van der Waals surface area (Å²) in [5, 5.41) is 10.0. The summed E-state index contributed by atoms with van der Waals surface area (Å²) in [5.41, 5.74) is 0. The smallest absolute Gasteiger partial charge is 0.141 e. The molecule has 86 valence electrons. The van der Waals surface area contributed by atoms with Crippen molar-refractivity contribution in [3.63, 3.8) is 0 Å². The Labute approximate surface area is 94.1 Å². The van der Waals surface area contributed by atoms with Gasteiger partial charge in [-0.05, 0) is 13.8 Å². The number of aromatic nitrogens is 5. The zero-order chi connectivity index (χ0) is 11.4. The van der Waals surface area contributed by atoms with Crippen LogP contribution in [0.25, 0.3) is 0 Å². The molecule has 0 saturated heterocycles. The standard InChI is InChI=1S/C10H16N6/c1-3-16-5-4-11-9(16)6-12-8(2)10-13-7-14-15-10/h4-5,7-8,12H,3,6H2,1-2H3,(H,13,14,15). The second kappa shape index (κ2) is 4.89. The Morgan fingerprint density at radius 3 is 3.06 bits per heavy atom. The van der Waals surface area contributed by atoms with Gasteiger partial charge in [-0.3, -0.25) is 5.10 Å². The molecule has 2 N–H and O–H groups in total. The van der Waals surface area contributed by atoms with E-state index in [-0.39, 0.29) is 6.04 Å². The van der Waals surface area contributed by atoms with Gasteiger partial charge in [0.05, 0.1) is 12.6 Å². The molecule has 2 heterocycles. The first-order valence-electron chi connectivity index (χ1n) is 5.40. The SMILES string of the molecule is CCn1ccnc1CNC(C)c1ncn[nH]1. The Morgan fingerprint density at radius 1 is 1.50 bits per heavy atom. The number of hydrogen-bond donors (Lipinski definition) is 2. The van der Waals surface area contributed by atoms with Crippen LogP contribution in [0.5, 0.6) is 0 Å². The van der Waals surface area contributed by atoms with Crippen LogP contribution >= 0.6 is 0 Å². The van der Waals surface area contributed by atoms with Crippen LogP contribution in [0.4, 0.5) is 0 Å². The van der Waals surface area contributed by atoms with E-state index in [1.165, 1.54) is 6.33 Å². The van der Waals surface area contributed by atoms with Crippen molar-refractivity contribution < 1.29 is 0 Å². The summed E-state index contributed by atoms with van der Waals surface area (Å²) in [5.74, 6) is 1.88. The maximum absolute atomic E-state index is 4.29. The van der Waals surface area contributed by atoms with Crippen LogP contribution in [0, 0.1) is 0 Å². The molecule has 16 heavy (non-hydrogen) atoms. The lowest BCUT2D eigenvalue weighted by atomic mass is 10.3. The summed E-state index contributed by atoms with van der Waals surface area (Å²) in [6.45, 7) is 5.81. The molecule has 0 bridgehead atoms. The fraction of sp³-hybridized carbons (Fsp3) is 0.500. The summed E-state index contributed by atoms with van der Waals surface area (Å²) in [7, 11) is 0. The van der Waals surface area contributed by atoms with Crippen LogP contribution in [0.3, 0.4) is 0 Å². The van der Waals surface area contributed by atoms with Gasteiger partial charge in [0.25, 0.3) is 0 Å². The molecule has 2 aromatic rings. The zero-order valence-corrected chi connectivity index (χ0v) is 9.51. The van der Waals surface area contributed by atoms with E-state index in [9.17, 15) is 0 Å². The van der Waals surface area contributed by atoms with Crippen molar-refractivity contribution in [1.29, 1.82) is 0 Å². The molecule has 0 fully saturated rings. The van der Waals surface area contributed by atoms with Gasteiger partial charge in [0.2, 0.25) is 0 Å². The number of aryl methyl sites for hydroxylation is 1. The average Bonchev–Trinajstić information content (AvgIpc) is 2.96. The van der Waals surface area contributed by atoms with Crippen LogP contribution in [0.1, 0.15) is 31.5 Å². The van der Waals surface area contributed by atoms with Crippen LogP contribution in [-0.4, -0.2) is 24.7 Å². The summed E-state index contributed by atoms with van der Waals surface area (Å²) in [4.78, 5) is 8.40. The lowest BCUT2D eigenvalue weighted by Gasteiger charge is -2.11. The van der Waals surface area contributed by atoms with Crippen molar-refractivity contribution in [2.75, 3.05) is 0 Å². The van der Waals surface area contributed by atoms with Gasteiger partial charge < -0.3 is 9.88 Å². The molecule has 1 atom stereocenters. The van der Waals surface area contributed by atoms with Crippen molar-refractivity contribution >= 4 is 0 Å². The number of H-pyrrole nitrogens is 1. The fourth-order valence-electron chi connectivity index (χ4n) is 1.56. The molecule has 0 radical (unpaired) electrons. The molecule has 6 nitrogen and oxygen atoms in total. The molecular formula is C10H16N6. The number of imidazole rings is 1. The van der Waals surface area contributed by atoms with Crippen LogP contribution in [-0.2, 0) is 13.1 Å². The molecule has 2 aromatic heterocycles. The first-order chi connectivity index (χ1) is 7.81. The highest BCUT2D eigenvalue weighted by molar-refractivity contribution is 4.94. The third-order valence-electron chi connectivity index (χ3n) is 2.55. The zero-order valence-electron chi connectivity index (χ0n) is 9.51. The first kappa shape index (κ1) is 10.8. The number of rotatable bonds is 5. The normalized spacial score (nSPS) is 12.9. The van der Waals surface area contributed by atoms with Crippen molar-refractivity contribution in [2.45, 2.75) is 33.0 Å². The van der Waals surface area contributed by atoms with Gasteiger partial charge in [0.15, 0.2) is 0 Å². The van der Waals surface area contributed by atoms with E-state index in [2.05, 4.69) is 37.0 Å². The maximum Gasteiger partial charge on any atom is 0.141 e. The van der Waals surface area contributed by atoms with Crippen LogP contribution in [0.2, 0.25) is 0 Å². The molecule has 0 aliphatic heterocycles. The molecule has 0 spiro atoms. The molecule has 6 heteroatoms. The van der Waals surface area contributed by atoms with Gasteiger partial charge in [-0.1, -0.05) is 0 Å². The highest BCUT2D eigenvalue weighted by Crippen LogP contribution is 2.05. The van der Waals surface area contributed by atoms with Gasteiger partial charge in [-0.25, -0.2) is 9.97 Å². The summed E-state index contributed by atoms with van der Waals surface area (Å²) in [6.07, 6.45) is 5.32. The minimum atomic E-state index is 0.143. The summed E-state index contributed by atoms with van der Waals surface area (Å²) in [6, 6.07) is 0.143. The molecule has 1 unspecified atom stereocenters. The van der Waals surface area contributed by atoms with Crippen molar-refractivity contribution in [3.05, 3.63) is 30.4 Å². The van der Waals surface area contributed by atoms with E-state index in [0.717, 1.165) is 24.7 Å². The molecular weight excluding hydrogens is 204 g/mol. The second-order valence-corrected chi connectivity index (χ2v) is 3.60. The highest BCUT2D eigenvalue weighted by Gasteiger charge is 2.08. The molecule has 0 aliphatic rings. The van der Waals surface area contributed by atoms with Crippen LogP contribution in [0.15, 0.2) is 18.7 Å². The number of nitrogens with one attached hydrogen (secondary N) is 2. The lowest BCUT2D eigenvalue weighted by Crippen LogP contribution is -2.21. The molecule has 0 aliphatic carbocycles. The topological polar surface area (TPSA) is 71.4 Å². The van der Waals surface area contributed by atoms with E-state index in [0.29, 0.717) is 0 Å². The largest absolute Gasteiger partial charge is 0.334 e. The predicted molar refractivity (Wildman–Crippen MR) is 59.5 cm³/mol. The number of nitrogens with zero attached hydrogens (tertiary/aromatic N) is 4. The third-order valence-corrected chi connectivity index (χ3v) is 2.55. The highest BCUT2D eigenvalue weighted by atomic mass is 15.2. The second-order valence-electron chi connectivity index (χ2n) is 3.60. The van der Waals surface area contributed by atoms with E-state index in [1.54, 1.807) is 0 Å². The van der Waals surface area contributed by atoms with E-state index < -0.39 is 0 Å². The van der Waals surface area contributed by atoms with E-state index in [4.69, 9.17) is 0 Å². The fourth-order valence-corrected chi connectivity index (χ4v) is 1.56. The maximum atomic E-state index is 4.29. The van der Waals surface area contributed by atoms with Gasteiger partial charge >= 0.3 is 0 Å². The number of aromatic amines is 1. The Balaban J connectivity index is 1.92.